The van der Waals surface area contributed by atoms with Crippen molar-refractivity contribution in [2.45, 2.75) is 35.5 Å². The topological polar surface area (TPSA) is 79.5 Å². The van der Waals surface area contributed by atoms with Gasteiger partial charge in [0.1, 0.15) is 0 Å². The van der Waals surface area contributed by atoms with Gasteiger partial charge in [0, 0.05) is 43.6 Å². The standard InChI is InChI=1S/C31H32N4O3S/c1-34(39(36,37)28-15-9-4-10-16-28)23-31(26-13-7-3-8-14-26)21-27(31)22-35-19-17-25(18-20-35)30-33-32-29(38-30)24-11-5-2-6-12-24/h2-16,22,25H,17-21,23H2,1H3/b27-22+/t31-/m1/s1. The molecule has 0 unspecified atom stereocenters. The van der Waals surface area contributed by atoms with E-state index in [0.717, 1.165) is 43.5 Å². The van der Waals surface area contributed by atoms with Crippen molar-refractivity contribution in [1.29, 1.82) is 0 Å². The summed E-state index contributed by atoms with van der Waals surface area (Å²) in [6.45, 7) is 2.18. The van der Waals surface area contributed by atoms with Crippen molar-refractivity contribution in [3.63, 3.8) is 0 Å². The lowest BCUT2D eigenvalue weighted by Gasteiger charge is -2.30. The Morgan fingerprint density at radius 2 is 1.54 bits per heavy atom. The molecule has 39 heavy (non-hydrogen) atoms. The third-order valence-electron chi connectivity index (χ3n) is 7.93. The van der Waals surface area contributed by atoms with E-state index in [0.29, 0.717) is 23.2 Å². The van der Waals surface area contributed by atoms with Gasteiger partial charge in [-0.2, -0.15) is 4.31 Å². The highest BCUT2D eigenvalue weighted by Crippen LogP contribution is 2.55. The fraction of sp³-hybridized carbons (Fsp3) is 0.290. The molecule has 0 bridgehead atoms. The normalized spacial score (nSPS) is 21.0. The second-order valence-electron chi connectivity index (χ2n) is 10.5. The molecule has 1 aromatic heterocycles. The highest BCUT2D eigenvalue weighted by molar-refractivity contribution is 7.89. The second-order valence-corrected chi connectivity index (χ2v) is 12.5. The Labute approximate surface area is 229 Å². The maximum Gasteiger partial charge on any atom is 0.247 e. The van der Waals surface area contributed by atoms with Gasteiger partial charge < -0.3 is 9.32 Å². The molecule has 0 N–H and O–H groups in total. The lowest BCUT2D eigenvalue weighted by Crippen LogP contribution is -2.35. The number of hydrogen-bond acceptors (Lipinski definition) is 6. The van der Waals surface area contributed by atoms with Crippen LogP contribution in [0.25, 0.3) is 11.5 Å². The monoisotopic (exact) mass is 540 g/mol. The summed E-state index contributed by atoms with van der Waals surface area (Å²) < 4.78 is 34.1. The van der Waals surface area contributed by atoms with Crippen LogP contribution in [-0.4, -0.2) is 54.5 Å². The predicted octanol–water partition coefficient (Wildman–Crippen LogP) is 5.46. The molecule has 3 aromatic carbocycles. The average Bonchev–Trinajstić information content (AvgIpc) is 3.43. The minimum Gasteiger partial charge on any atom is -0.420 e. The highest BCUT2D eigenvalue weighted by Gasteiger charge is 2.52. The first-order valence-corrected chi connectivity index (χ1v) is 14.8. The first-order chi connectivity index (χ1) is 19.0. The molecule has 6 rings (SSSR count). The number of hydrogen-bond donors (Lipinski definition) is 0. The van der Waals surface area contributed by atoms with Crippen molar-refractivity contribution >= 4 is 10.0 Å². The molecule has 4 aromatic rings. The maximum atomic E-state index is 13.3. The van der Waals surface area contributed by atoms with Gasteiger partial charge in [-0.3, -0.25) is 0 Å². The zero-order valence-electron chi connectivity index (χ0n) is 22.0. The molecule has 0 radical (unpaired) electrons. The van der Waals surface area contributed by atoms with Gasteiger partial charge in [-0.05, 0) is 60.9 Å². The Hall–Kier alpha value is -3.75. The zero-order chi connectivity index (χ0) is 26.9. The van der Waals surface area contributed by atoms with Gasteiger partial charge >= 0.3 is 0 Å². The first kappa shape index (κ1) is 25.5. The Morgan fingerprint density at radius 3 is 2.21 bits per heavy atom. The lowest BCUT2D eigenvalue weighted by atomic mass is 9.94. The summed E-state index contributed by atoms with van der Waals surface area (Å²) in [5, 5.41) is 8.61. The first-order valence-electron chi connectivity index (χ1n) is 13.4. The number of nitrogens with zero attached hydrogens (tertiary/aromatic N) is 4. The van der Waals surface area contributed by atoms with Crippen LogP contribution in [0.1, 0.15) is 36.6 Å². The van der Waals surface area contributed by atoms with Crippen LogP contribution in [0, 0.1) is 0 Å². The van der Waals surface area contributed by atoms with Crippen molar-refractivity contribution in [3.8, 4) is 11.5 Å². The van der Waals surface area contributed by atoms with Crippen LogP contribution in [-0.2, 0) is 15.4 Å². The summed E-state index contributed by atoms with van der Waals surface area (Å²) in [6.07, 6.45) is 4.97. The summed E-state index contributed by atoms with van der Waals surface area (Å²) >= 11 is 0. The van der Waals surface area contributed by atoms with E-state index in [1.807, 2.05) is 54.6 Å². The van der Waals surface area contributed by atoms with Gasteiger partial charge in [0.05, 0.1) is 4.90 Å². The molecule has 8 heteroatoms. The van der Waals surface area contributed by atoms with Gasteiger partial charge in [0.15, 0.2) is 0 Å². The molecule has 2 heterocycles. The Balaban J connectivity index is 1.16. The SMILES string of the molecule is CN(C[C@@]1(c2ccccc2)C/C1=C\N1CCC(c2nnc(-c3ccccc3)o2)CC1)S(=O)(=O)c1ccccc1. The number of aromatic nitrogens is 2. The fourth-order valence-corrected chi connectivity index (χ4v) is 6.83. The van der Waals surface area contributed by atoms with Crippen molar-refractivity contribution in [2.24, 2.45) is 0 Å². The van der Waals surface area contributed by atoms with E-state index in [1.165, 1.54) is 9.88 Å². The van der Waals surface area contributed by atoms with Crippen LogP contribution in [0.5, 0.6) is 0 Å². The van der Waals surface area contributed by atoms with Gasteiger partial charge in [-0.1, -0.05) is 66.7 Å². The van der Waals surface area contributed by atoms with Crippen LogP contribution in [0.15, 0.2) is 112 Å². The van der Waals surface area contributed by atoms with E-state index in [-0.39, 0.29) is 11.3 Å². The van der Waals surface area contributed by atoms with E-state index in [1.54, 1.807) is 31.3 Å². The molecule has 1 aliphatic heterocycles. The van der Waals surface area contributed by atoms with Crippen molar-refractivity contribution < 1.29 is 12.8 Å². The van der Waals surface area contributed by atoms with Crippen LogP contribution in [0.4, 0.5) is 0 Å². The second kappa shape index (κ2) is 10.4. The van der Waals surface area contributed by atoms with Crippen molar-refractivity contribution in [2.75, 3.05) is 26.7 Å². The number of likely N-dealkylation sites (tertiary alicyclic amines) is 1. The third kappa shape index (κ3) is 5.14. The number of piperidine rings is 1. The van der Waals surface area contributed by atoms with Crippen LogP contribution < -0.4 is 0 Å². The molecule has 1 atom stereocenters. The number of benzene rings is 3. The summed E-state index contributed by atoms with van der Waals surface area (Å²) in [4.78, 5) is 2.68. The lowest BCUT2D eigenvalue weighted by molar-refractivity contribution is 0.261. The van der Waals surface area contributed by atoms with Crippen LogP contribution in [0.3, 0.4) is 0 Å². The number of sulfonamides is 1. The molecular weight excluding hydrogens is 508 g/mol. The number of rotatable bonds is 8. The molecule has 200 valence electrons. The Morgan fingerprint density at radius 1 is 0.923 bits per heavy atom. The smallest absolute Gasteiger partial charge is 0.247 e. The average molecular weight is 541 g/mol. The van der Waals surface area contributed by atoms with Crippen molar-refractivity contribution in [3.05, 3.63) is 114 Å². The van der Waals surface area contributed by atoms with E-state index in [4.69, 9.17) is 4.42 Å². The minimum atomic E-state index is -3.58. The van der Waals surface area contributed by atoms with Gasteiger partial charge in [-0.15, -0.1) is 10.2 Å². The molecule has 7 nitrogen and oxygen atoms in total. The van der Waals surface area contributed by atoms with Crippen LogP contribution in [0.2, 0.25) is 0 Å². The van der Waals surface area contributed by atoms with Gasteiger partial charge in [0.2, 0.25) is 21.8 Å². The number of likely N-dealkylation sites (N-methyl/N-ethyl adjacent to an activating group) is 1. The third-order valence-corrected chi connectivity index (χ3v) is 9.75. The van der Waals surface area contributed by atoms with E-state index in [9.17, 15) is 8.42 Å². The van der Waals surface area contributed by atoms with E-state index >= 15 is 0 Å². The minimum absolute atomic E-state index is 0.241. The predicted molar refractivity (Wildman–Crippen MR) is 150 cm³/mol. The molecule has 2 aliphatic rings. The highest BCUT2D eigenvalue weighted by atomic mass is 32.2. The summed E-state index contributed by atoms with van der Waals surface area (Å²) in [5.74, 6) is 1.51. The quantitative estimate of drug-likeness (QED) is 0.295. The molecule has 0 spiro atoms. The molecule has 0 amide bonds. The van der Waals surface area contributed by atoms with E-state index < -0.39 is 10.0 Å². The molecule has 1 saturated carbocycles. The molecule has 1 aliphatic carbocycles. The van der Waals surface area contributed by atoms with Gasteiger partial charge in [-0.25, -0.2) is 8.42 Å². The Bertz CT molecular complexity index is 1550. The van der Waals surface area contributed by atoms with E-state index in [2.05, 4.69) is 33.4 Å². The summed E-state index contributed by atoms with van der Waals surface area (Å²) in [5.41, 5.74) is 3.04. The maximum absolute atomic E-state index is 13.3. The largest absolute Gasteiger partial charge is 0.420 e. The Kier molecular flexibility index (Phi) is 6.83. The zero-order valence-corrected chi connectivity index (χ0v) is 22.8. The molecular formula is C31H32N4O3S. The molecule has 2 fully saturated rings. The van der Waals surface area contributed by atoms with Crippen molar-refractivity contribution in [1.82, 2.24) is 19.4 Å². The summed E-state index contributed by atoms with van der Waals surface area (Å²) in [7, 11) is -1.90. The summed E-state index contributed by atoms with van der Waals surface area (Å²) in [6, 6.07) is 28.8. The van der Waals surface area contributed by atoms with Crippen LogP contribution >= 0.6 is 0 Å². The van der Waals surface area contributed by atoms with Gasteiger partial charge in [0.25, 0.3) is 0 Å². The molecule has 1 saturated heterocycles. The fourth-order valence-electron chi connectivity index (χ4n) is 5.57.